The molecule has 1 aromatic carbocycles. The summed E-state index contributed by atoms with van der Waals surface area (Å²) in [4.78, 5) is 23.0. The Balaban J connectivity index is 1.89. The van der Waals surface area contributed by atoms with E-state index in [0.717, 1.165) is 6.42 Å². The van der Waals surface area contributed by atoms with Crippen LogP contribution in [0.15, 0.2) is 24.8 Å². The van der Waals surface area contributed by atoms with Gasteiger partial charge in [0.05, 0.1) is 19.7 Å². The third-order valence-corrected chi connectivity index (χ3v) is 4.69. The number of nitrogen functional groups attached to an aromatic ring is 1. The second kappa shape index (κ2) is 8.30. The van der Waals surface area contributed by atoms with Crippen molar-refractivity contribution in [3.63, 3.8) is 0 Å². The first-order valence-electron chi connectivity index (χ1n) is 8.95. The number of likely N-dealkylation sites (N-methyl/N-ethyl adjacent to an activating group) is 1. The Kier molecular flexibility index (Phi) is 5.84. The Morgan fingerprint density at radius 3 is 2.71 bits per heavy atom. The van der Waals surface area contributed by atoms with Gasteiger partial charge in [0.1, 0.15) is 18.1 Å². The molecular formula is C19H25N5O4. The average molecular weight is 387 g/mol. The number of hydrogen-bond acceptors (Lipinski definition) is 8. The molecule has 0 aliphatic carbocycles. The second-order valence-corrected chi connectivity index (χ2v) is 6.43. The van der Waals surface area contributed by atoms with Crippen LogP contribution in [-0.2, 0) is 9.53 Å². The van der Waals surface area contributed by atoms with Gasteiger partial charge in [-0.25, -0.2) is 4.98 Å². The number of aromatic nitrogens is 2. The largest absolute Gasteiger partial charge is 0.493 e. The number of rotatable bonds is 7. The zero-order valence-corrected chi connectivity index (χ0v) is 16.3. The van der Waals surface area contributed by atoms with Crippen molar-refractivity contribution in [2.24, 2.45) is 0 Å². The third-order valence-electron chi connectivity index (χ3n) is 4.69. The monoisotopic (exact) mass is 387 g/mol. The fourth-order valence-corrected chi connectivity index (χ4v) is 3.09. The van der Waals surface area contributed by atoms with Gasteiger partial charge in [-0.05, 0) is 25.0 Å². The van der Waals surface area contributed by atoms with Crippen LogP contribution in [0.2, 0.25) is 0 Å². The number of hydrogen-bond donors (Lipinski definition) is 2. The molecule has 2 heterocycles. The van der Waals surface area contributed by atoms with E-state index in [-0.39, 0.29) is 5.91 Å². The molecule has 28 heavy (non-hydrogen) atoms. The maximum atomic E-state index is 12.4. The van der Waals surface area contributed by atoms with Crippen LogP contribution in [0, 0.1) is 0 Å². The number of carbonyl (C=O) groups is 1. The molecular weight excluding hydrogens is 362 g/mol. The lowest BCUT2D eigenvalue weighted by Crippen LogP contribution is -2.49. The maximum Gasteiger partial charge on any atom is 0.250 e. The van der Waals surface area contributed by atoms with E-state index in [0.29, 0.717) is 47.2 Å². The molecule has 150 valence electrons. The molecule has 1 fully saturated rings. The lowest BCUT2D eigenvalue weighted by molar-refractivity contribution is -0.130. The van der Waals surface area contributed by atoms with Crippen LogP contribution in [0.1, 0.15) is 12.8 Å². The number of nitrogens with two attached hydrogens (primary N) is 1. The molecule has 1 aliphatic rings. The lowest BCUT2D eigenvalue weighted by atomic mass is 10.2. The number of methoxy groups -OCH3 is 2. The van der Waals surface area contributed by atoms with Crippen molar-refractivity contribution in [3.8, 4) is 11.5 Å². The van der Waals surface area contributed by atoms with E-state index in [1.54, 1.807) is 44.4 Å². The minimum atomic E-state index is -0.520. The number of fused-ring (bicyclic) bond motifs is 1. The van der Waals surface area contributed by atoms with Crippen molar-refractivity contribution in [2.75, 3.05) is 38.5 Å². The predicted molar refractivity (Wildman–Crippen MR) is 107 cm³/mol. The number of ether oxygens (including phenoxy) is 3. The standard InChI is InChI=1S/C19H25N5O4/c1-5-16(22-18(25)13-7-6-8-28-13)24(2)19-21-12-10-15(27-4)14(26-3)9-11(12)17(20)23-19/h5,9-10,13,16H,1,6-8H2,2-4H3,(H,22,25)(H2,20,21,23). The summed E-state index contributed by atoms with van der Waals surface area (Å²) in [5, 5.41) is 3.54. The first-order chi connectivity index (χ1) is 13.5. The Morgan fingerprint density at radius 1 is 1.39 bits per heavy atom. The highest BCUT2D eigenvalue weighted by Gasteiger charge is 2.27. The molecule has 1 aromatic heterocycles. The molecule has 0 radical (unpaired) electrons. The molecule has 0 saturated carbocycles. The van der Waals surface area contributed by atoms with Crippen LogP contribution in [0.3, 0.4) is 0 Å². The first-order valence-corrected chi connectivity index (χ1v) is 8.95. The highest BCUT2D eigenvalue weighted by Crippen LogP contribution is 2.34. The molecule has 3 rings (SSSR count). The summed E-state index contributed by atoms with van der Waals surface area (Å²) < 4.78 is 16.1. The van der Waals surface area contributed by atoms with Gasteiger partial charge in [0.2, 0.25) is 5.95 Å². The van der Waals surface area contributed by atoms with Crippen molar-refractivity contribution in [1.82, 2.24) is 15.3 Å². The van der Waals surface area contributed by atoms with Gasteiger partial charge in [-0.1, -0.05) is 6.58 Å². The Bertz CT molecular complexity index is 882. The molecule has 2 aromatic rings. The van der Waals surface area contributed by atoms with E-state index in [4.69, 9.17) is 19.9 Å². The molecule has 9 heteroatoms. The van der Waals surface area contributed by atoms with E-state index in [1.807, 2.05) is 0 Å². The van der Waals surface area contributed by atoms with Crippen LogP contribution >= 0.6 is 0 Å². The van der Waals surface area contributed by atoms with E-state index in [1.165, 1.54) is 0 Å². The van der Waals surface area contributed by atoms with E-state index < -0.39 is 12.3 Å². The van der Waals surface area contributed by atoms with Crippen LogP contribution in [0.4, 0.5) is 11.8 Å². The molecule has 2 unspecified atom stereocenters. The van der Waals surface area contributed by atoms with Crippen molar-refractivity contribution < 1.29 is 19.0 Å². The molecule has 0 bridgehead atoms. The van der Waals surface area contributed by atoms with Crippen molar-refractivity contribution in [1.29, 1.82) is 0 Å². The van der Waals surface area contributed by atoms with Crippen LogP contribution < -0.4 is 25.4 Å². The number of nitrogens with one attached hydrogen (secondary N) is 1. The molecule has 1 aliphatic heterocycles. The zero-order valence-electron chi connectivity index (χ0n) is 16.3. The second-order valence-electron chi connectivity index (χ2n) is 6.43. The molecule has 3 N–H and O–H groups in total. The van der Waals surface area contributed by atoms with Gasteiger partial charge in [-0.2, -0.15) is 4.98 Å². The molecule has 9 nitrogen and oxygen atoms in total. The first kappa shape index (κ1) is 19.7. The quantitative estimate of drug-likeness (QED) is 0.543. The number of anilines is 2. The smallest absolute Gasteiger partial charge is 0.250 e. The average Bonchev–Trinajstić information content (AvgIpc) is 3.25. The Labute approximate surface area is 163 Å². The number of nitrogens with zero attached hydrogens (tertiary/aromatic N) is 3. The van der Waals surface area contributed by atoms with Gasteiger partial charge in [0, 0.05) is 25.1 Å². The molecule has 2 atom stereocenters. The summed E-state index contributed by atoms with van der Waals surface area (Å²) in [7, 11) is 4.85. The normalized spacial score (nSPS) is 17.2. The van der Waals surface area contributed by atoms with Crippen LogP contribution in [-0.4, -0.2) is 56.0 Å². The minimum absolute atomic E-state index is 0.186. The van der Waals surface area contributed by atoms with Gasteiger partial charge in [0.25, 0.3) is 5.91 Å². The number of carbonyl (C=O) groups excluding carboxylic acids is 1. The third kappa shape index (κ3) is 3.79. The summed E-state index contributed by atoms with van der Waals surface area (Å²) in [5.41, 5.74) is 6.74. The van der Waals surface area contributed by atoms with Crippen LogP contribution in [0.25, 0.3) is 10.9 Å². The summed E-state index contributed by atoms with van der Waals surface area (Å²) in [6.45, 7) is 4.40. The molecule has 0 spiro atoms. The Hall–Kier alpha value is -3.07. The van der Waals surface area contributed by atoms with E-state index >= 15 is 0 Å². The van der Waals surface area contributed by atoms with Gasteiger partial charge in [0.15, 0.2) is 11.5 Å². The van der Waals surface area contributed by atoms with Gasteiger partial charge < -0.3 is 30.2 Å². The van der Waals surface area contributed by atoms with Crippen molar-refractivity contribution in [2.45, 2.75) is 25.1 Å². The summed E-state index contributed by atoms with van der Waals surface area (Å²) in [6, 6.07) is 3.47. The Morgan fingerprint density at radius 2 is 2.11 bits per heavy atom. The van der Waals surface area contributed by atoms with Crippen molar-refractivity contribution in [3.05, 3.63) is 24.8 Å². The van der Waals surface area contributed by atoms with E-state index in [2.05, 4.69) is 21.9 Å². The highest BCUT2D eigenvalue weighted by atomic mass is 16.5. The molecule has 1 amide bonds. The highest BCUT2D eigenvalue weighted by molar-refractivity contribution is 5.91. The van der Waals surface area contributed by atoms with Crippen molar-refractivity contribution >= 4 is 28.6 Å². The maximum absolute atomic E-state index is 12.4. The summed E-state index contributed by atoms with van der Waals surface area (Å²) in [5.74, 6) is 1.53. The van der Waals surface area contributed by atoms with E-state index in [9.17, 15) is 4.79 Å². The fraction of sp³-hybridized carbons (Fsp3) is 0.421. The number of amides is 1. The van der Waals surface area contributed by atoms with Gasteiger partial charge in [-0.3, -0.25) is 4.79 Å². The number of benzene rings is 1. The summed E-state index contributed by atoms with van der Waals surface area (Å²) in [6.07, 6.45) is 2.23. The lowest BCUT2D eigenvalue weighted by Gasteiger charge is -2.27. The SMILES string of the molecule is C=CC(NC(=O)C1CCCO1)N(C)c1nc(N)c2cc(OC)c(OC)cc2n1. The van der Waals surface area contributed by atoms with Crippen LogP contribution in [0.5, 0.6) is 11.5 Å². The zero-order chi connectivity index (χ0) is 20.3. The predicted octanol–water partition coefficient (Wildman–Crippen LogP) is 1.47. The topological polar surface area (TPSA) is 112 Å². The fourth-order valence-electron chi connectivity index (χ4n) is 3.09. The minimum Gasteiger partial charge on any atom is -0.493 e. The molecule has 1 saturated heterocycles. The van der Waals surface area contributed by atoms with Gasteiger partial charge in [-0.15, -0.1) is 0 Å². The summed E-state index contributed by atoms with van der Waals surface area (Å²) >= 11 is 0. The van der Waals surface area contributed by atoms with Gasteiger partial charge >= 0.3 is 0 Å².